The number of anilines is 1. The zero-order valence-corrected chi connectivity index (χ0v) is 16.4. The van der Waals surface area contributed by atoms with E-state index in [4.69, 9.17) is 11.6 Å². The van der Waals surface area contributed by atoms with E-state index in [-0.39, 0.29) is 17.6 Å². The molecule has 2 aromatic rings. The van der Waals surface area contributed by atoms with Crippen molar-refractivity contribution in [3.8, 4) is 0 Å². The van der Waals surface area contributed by atoms with Crippen LogP contribution in [-0.4, -0.2) is 16.7 Å². The monoisotopic (exact) mass is 390 g/mol. The number of aromatic nitrogens is 1. The minimum Gasteiger partial charge on any atom is -0.301 e. The van der Waals surface area contributed by atoms with Crippen LogP contribution in [0.25, 0.3) is 0 Å². The number of carbonyl (C=O) groups is 2. The number of Topliss-reactive ketones (excluding diaryl/α,β-unsaturated/α-hetero) is 1. The van der Waals surface area contributed by atoms with E-state index in [1.54, 1.807) is 0 Å². The van der Waals surface area contributed by atoms with E-state index in [0.717, 1.165) is 12.0 Å². The highest BCUT2D eigenvalue weighted by molar-refractivity contribution is 7.13. The number of hydrogen-bond acceptors (Lipinski definition) is 4. The van der Waals surface area contributed by atoms with Crippen LogP contribution in [0.15, 0.2) is 29.6 Å². The van der Waals surface area contributed by atoms with Crippen LogP contribution in [0, 0.1) is 5.92 Å². The van der Waals surface area contributed by atoms with E-state index in [9.17, 15) is 9.59 Å². The second-order valence-electron chi connectivity index (χ2n) is 7.00. The number of halogens is 1. The molecular weight excluding hydrogens is 368 g/mol. The van der Waals surface area contributed by atoms with E-state index in [2.05, 4.69) is 10.3 Å². The summed E-state index contributed by atoms with van der Waals surface area (Å²) < 4.78 is 0. The minimum atomic E-state index is -0.212. The van der Waals surface area contributed by atoms with Gasteiger partial charge in [-0.05, 0) is 37.0 Å². The first-order valence-electron chi connectivity index (χ1n) is 9.01. The molecule has 26 heavy (non-hydrogen) atoms. The SMILES string of the molecule is CC(=O)Cc1csc(NC(=O)C(CC2CCCC2)c2ccc(Cl)cc2)n1. The van der Waals surface area contributed by atoms with Crippen LogP contribution in [-0.2, 0) is 16.0 Å². The van der Waals surface area contributed by atoms with Gasteiger partial charge in [0.2, 0.25) is 5.91 Å². The van der Waals surface area contributed by atoms with Gasteiger partial charge in [-0.2, -0.15) is 0 Å². The fourth-order valence-electron chi connectivity index (χ4n) is 3.56. The maximum Gasteiger partial charge on any atom is 0.233 e. The van der Waals surface area contributed by atoms with Gasteiger partial charge in [-0.15, -0.1) is 11.3 Å². The normalized spacial score (nSPS) is 15.8. The van der Waals surface area contributed by atoms with Gasteiger partial charge in [0, 0.05) is 16.8 Å². The Morgan fingerprint density at radius 2 is 1.96 bits per heavy atom. The number of rotatable bonds is 7. The summed E-state index contributed by atoms with van der Waals surface area (Å²) in [6, 6.07) is 7.54. The Hall–Kier alpha value is -1.72. The lowest BCUT2D eigenvalue weighted by molar-refractivity contribution is -0.118. The molecule has 3 rings (SSSR count). The molecular formula is C20H23ClN2O2S. The molecule has 0 radical (unpaired) electrons. The van der Waals surface area contributed by atoms with Gasteiger partial charge in [0.15, 0.2) is 5.13 Å². The summed E-state index contributed by atoms with van der Waals surface area (Å²) >= 11 is 7.37. The van der Waals surface area contributed by atoms with Crippen LogP contribution >= 0.6 is 22.9 Å². The third-order valence-electron chi connectivity index (χ3n) is 4.84. The van der Waals surface area contributed by atoms with Crippen molar-refractivity contribution in [2.24, 2.45) is 5.92 Å². The molecule has 1 heterocycles. The third kappa shape index (κ3) is 5.15. The van der Waals surface area contributed by atoms with Gasteiger partial charge in [0.1, 0.15) is 5.78 Å². The second-order valence-corrected chi connectivity index (χ2v) is 8.30. The van der Waals surface area contributed by atoms with E-state index in [0.29, 0.717) is 28.2 Å². The zero-order valence-electron chi connectivity index (χ0n) is 14.8. The Kier molecular flexibility index (Phi) is 6.43. The Balaban J connectivity index is 1.74. The van der Waals surface area contributed by atoms with E-state index in [1.807, 2.05) is 29.6 Å². The quantitative estimate of drug-likeness (QED) is 0.704. The molecule has 0 bridgehead atoms. The smallest absolute Gasteiger partial charge is 0.233 e. The highest BCUT2D eigenvalue weighted by Crippen LogP contribution is 2.35. The third-order valence-corrected chi connectivity index (χ3v) is 5.90. The number of carbonyl (C=O) groups excluding carboxylic acids is 2. The van der Waals surface area contributed by atoms with Crippen LogP contribution in [0.5, 0.6) is 0 Å². The van der Waals surface area contributed by atoms with Crippen molar-refractivity contribution in [2.75, 3.05) is 5.32 Å². The number of amides is 1. The Morgan fingerprint density at radius 1 is 1.27 bits per heavy atom. The van der Waals surface area contributed by atoms with Crippen molar-refractivity contribution in [3.63, 3.8) is 0 Å². The molecule has 1 N–H and O–H groups in total. The largest absolute Gasteiger partial charge is 0.301 e. The summed E-state index contributed by atoms with van der Waals surface area (Å²) in [7, 11) is 0. The average molecular weight is 391 g/mol. The Morgan fingerprint density at radius 3 is 2.62 bits per heavy atom. The summed E-state index contributed by atoms with van der Waals surface area (Å²) in [4.78, 5) is 28.6. The van der Waals surface area contributed by atoms with Gasteiger partial charge in [0.25, 0.3) is 0 Å². The molecule has 138 valence electrons. The molecule has 6 heteroatoms. The van der Waals surface area contributed by atoms with Crippen molar-refractivity contribution in [1.29, 1.82) is 0 Å². The maximum absolute atomic E-state index is 13.0. The Labute approximate surface area is 163 Å². The highest BCUT2D eigenvalue weighted by atomic mass is 35.5. The van der Waals surface area contributed by atoms with Crippen molar-refractivity contribution < 1.29 is 9.59 Å². The molecule has 1 atom stereocenters. The summed E-state index contributed by atoms with van der Waals surface area (Å²) in [6.45, 7) is 1.54. The summed E-state index contributed by atoms with van der Waals surface area (Å²) in [5, 5.41) is 5.99. The standard InChI is InChI=1S/C20H23ClN2O2S/c1-13(24)10-17-12-26-20(22-17)23-19(25)18(11-14-4-2-3-5-14)15-6-8-16(21)9-7-15/h6-9,12,14,18H,2-5,10-11H2,1H3,(H,22,23,25). The molecule has 1 aliphatic carbocycles. The number of benzene rings is 1. The lowest BCUT2D eigenvalue weighted by Crippen LogP contribution is -2.23. The zero-order chi connectivity index (χ0) is 18.5. The summed E-state index contributed by atoms with van der Waals surface area (Å²) in [5.74, 6) is 0.401. The summed E-state index contributed by atoms with van der Waals surface area (Å²) in [5.41, 5.74) is 1.69. The topological polar surface area (TPSA) is 59.1 Å². The number of hydrogen-bond donors (Lipinski definition) is 1. The first-order valence-corrected chi connectivity index (χ1v) is 10.3. The molecule has 1 unspecified atom stereocenters. The number of ketones is 1. The highest BCUT2D eigenvalue weighted by Gasteiger charge is 2.27. The van der Waals surface area contributed by atoms with Crippen molar-refractivity contribution in [1.82, 2.24) is 4.98 Å². The van der Waals surface area contributed by atoms with Crippen LogP contribution < -0.4 is 5.32 Å². The van der Waals surface area contributed by atoms with Gasteiger partial charge < -0.3 is 5.32 Å². The second kappa shape index (κ2) is 8.78. The van der Waals surface area contributed by atoms with Gasteiger partial charge >= 0.3 is 0 Å². The first-order chi connectivity index (χ1) is 12.5. The van der Waals surface area contributed by atoms with Crippen molar-refractivity contribution >= 4 is 39.8 Å². The fraction of sp³-hybridized carbons (Fsp3) is 0.450. The maximum atomic E-state index is 13.0. The lowest BCUT2D eigenvalue weighted by atomic mass is 9.87. The molecule has 1 aliphatic rings. The molecule has 1 aromatic heterocycles. The van der Waals surface area contributed by atoms with Crippen LogP contribution in [0.3, 0.4) is 0 Å². The van der Waals surface area contributed by atoms with Crippen LogP contribution in [0.2, 0.25) is 5.02 Å². The lowest BCUT2D eigenvalue weighted by Gasteiger charge is -2.20. The van der Waals surface area contributed by atoms with E-state index in [1.165, 1.54) is 43.9 Å². The molecule has 1 amide bonds. The number of nitrogens with one attached hydrogen (secondary N) is 1. The van der Waals surface area contributed by atoms with Crippen molar-refractivity contribution in [2.45, 2.75) is 51.4 Å². The van der Waals surface area contributed by atoms with Crippen molar-refractivity contribution in [3.05, 3.63) is 45.9 Å². The molecule has 0 aliphatic heterocycles. The minimum absolute atomic E-state index is 0.0389. The van der Waals surface area contributed by atoms with Gasteiger partial charge in [-0.3, -0.25) is 9.59 Å². The van der Waals surface area contributed by atoms with E-state index >= 15 is 0 Å². The molecule has 0 spiro atoms. The van der Waals surface area contributed by atoms with Gasteiger partial charge in [-0.1, -0.05) is 49.4 Å². The molecule has 1 saturated carbocycles. The molecule has 1 fully saturated rings. The molecule has 1 aromatic carbocycles. The molecule has 4 nitrogen and oxygen atoms in total. The average Bonchev–Trinajstić information content (AvgIpc) is 3.25. The molecule has 0 saturated heterocycles. The predicted octanol–water partition coefficient (Wildman–Crippen LogP) is 5.23. The summed E-state index contributed by atoms with van der Waals surface area (Å²) in [6.07, 6.45) is 6.03. The number of nitrogens with zero attached hydrogens (tertiary/aromatic N) is 1. The first kappa shape index (κ1) is 19.1. The van der Waals surface area contributed by atoms with Crippen LogP contribution in [0.1, 0.15) is 56.2 Å². The Bertz CT molecular complexity index is 766. The van der Waals surface area contributed by atoms with Gasteiger partial charge in [-0.25, -0.2) is 4.98 Å². The van der Waals surface area contributed by atoms with E-state index < -0.39 is 0 Å². The van der Waals surface area contributed by atoms with Crippen LogP contribution in [0.4, 0.5) is 5.13 Å². The predicted molar refractivity (Wildman–Crippen MR) is 106 cm³/mol. The number of thiazole rings is 1. The van der Waals surface area contributed by atoms with Gasteiger partial charge in [0.05, 0.1) is 11.6 Å². The fourth-order valence-corrected chi connectivity index (χ4v) is 4.40.